The van der Waals surface area contributed by atoms with E-state index in [9.17, 15) is 0 Å². The summed E-state index contributed by atoms with van der Waals surface area (Å²) in [5.41, 5.74) is 11.1. The Hall–Kier alpha value is -3.98. The highest BCUT2D eigenvalue weighted by atomic mass is 16.5. The summed E-state index contributed by atoms with van der Waals surface area (Å²) < 4.78 is 6.12. The highest BCUT2D eigenvalue weighted by molar-refractivity contribution is 6.14. The van der Waals surface area contributed by atoms with Crippen LogP contribution in [-0.2, 0) is 0 Å². The van der Waals surface area contributed by atoms with Gasteiger partial charge in [0.25, 0.3) is 0 Å². The summed E-state index contributed by atoms with van der Waals surface area (Å²) >= 11 is 0. The average molecular weight is 453 g/mol. The molecule has 34 heavy (non-hydrogen) atoms. The van der Waals surface area contributed by atoms with Crippen molar-refractivity contribution >= 4 is 44.5 Å². The van der Waals surface area contributed by atoms with E-state index in [0.717, 1.165) is 57.6 Å². The van der Waals surface area contributed by atoms with Gasteiger partial charge in [-0.2, -0.15) is 9.97 Å². The highest BCUT2D eigenvalue weighted by Crippen LogP contribution is 2.53. The number of ether oxygens (including phenoxy) is 1. The third-order valence-electron chi connectivity index (χ3n) is 7.25. The van der Waals surface area contributed by atoms with Crippen LogP contribution in [0.25, 0.3) is 33.0 Å². The average Bonchev–Trinajstić information content (AvgIpc) is 3.43. The molecule has 2 aliphatic rings. The van der Waals surface area contributed by atoms with Gasteiger partial charge in [0, 0.05) is 49.2 Å². The van der Waals surface area contributed by atoms with Gasteiger partial charge >= 0.3 is 6.01 Å². The molecule has 0 bridgehead atoms. The van der Waals surface area contributed by atoms with Gasteiger partial charge in [-0.05, 0) is 31.0 Å². The van der Waals surface area contributed by atoms with Crippen LogP contribution in [0.15, 0.2) is 48.8 Å². The molecule has 1 aliphatic heterocycles. The van der Waals surface area contributed by atoms with E-state index in [0.29, 0.717) is 5.75 Å². The molecule has 4 N–H and O–H groups in total. The molecule has 0 radical (unpaired) electrons. The van der Waals surface area contributed by atoms with E-state index >= 15 is 0 Å². The lowest BCUT2D eigenvalue weighted by atomic mass is 10.0. The maximum atomic E-state index is 6.55. The maximum absolute atomic E-state index is 6.55. The fraction of sp³-hybridized carbons (Fsp3) is 0.280. The second kappa shape index (κ2) is 7.01. The normalized spacial score (nSPS) is 18.9. The van der Waals surface area contributed by atoms with Crippen molar-refractivity contribution in [3.8, 4) is 11.8 Å². The molecule has 1 unspecified atom stereocenters. The molecule has 170 valence electrons. The molecule has 1 saturated heterocycles. The summed E-state index contributed by atoms with van der Waals surface area (Å²) in [6, 6.07) is 12.2. The zero-order chi connectivity index (χ0) is 22.9. The number of benzene rings is 1. The van der Waals surface area contributed by atoms with Gasteiger partial charge in [-0.25, -0.2) is 0 Å². The third-order valence-corrected chi connectivity index (χ3v) is 7.25. The fourth-order valence-electron chi connectivity index (χ4n) is 5.20. The number of nitrogens with two attached hydrogens (primary N) is 1. The van der Waals surface area contributed by atoms with Crippen LogP contribution in [0.1, 0.15) is 12.8 Å². The van der Waals surface area contributed by atoms with Gasteiger partial charge in [0.2, 0.25) is 0 Å². The fourth-order valence-corrected chi connectivity index (χ4v) is 5.20. The van der Waals surface area contributed by atoms with Gasteiger partial charge in [0.05, 0.1) is 33.8 Å². The molecular formula is C25H24N8O. The molecule has 2 fully saturated rings. The minimum atomic E-state index is 0.149. The Morgan fingerprint density at radius 2 is 2.06 bits per heavy atom. The number of H-pyrrole nitrogens is 1. The van der Waals surface area contributed by atoms with E-state index in [4.69, 9.17) is 20.4 Å². The molecule has 1 saturated carbocycles. The Morgan fingerprint density at radius 1 is 1.15 bits per heavy atom. The minimum Gasteiger partial charge on any atom is -0.422 e. The Labute approximate surface area is 195 Å². The van der Waals surface area contributed by atoms with E-state index in [1.54, 1.807) is 12.4 Å². The predicted octanol–water partition coefficient (Wildman–Crippen LogP) is 3.82. The van der Waals surface area contributed by atoms with Crippen molar-refractivity contribution in [2.24, 2.45) is 11.1 Å². The van der Waals surface area contributed by atoms with Gasteiger partial charge < -0.3 is 25.7 Å². The molecule has 1 atom stereocenters. The summed E-state index contributed by atoms with van der Waals surface area (Å²) in [4.78, 5) is 24.3. The monoisotopic (exact) mass is 452 g/mol. The standard InChI is InChI=1S/C25H24N8O/c1-27-17-5-2-4-15-20-22(30-21(15)17)31-24(32-23(20)33-12-19(26)25(13-33)7-8-25)34-14-10-18-16(29-11-14)6-3-9-28-18/h2-6,9-11,19,27H,7-8,12-13,26H2,1H3,(H,30,31,32). The lowest BCUT2D eigenvalue weighted by molar-refractivity contribution is 0.442. The lowest BCUT2D eigenvalue weighted by Gasteiger charge is -2.19. The molecule has 9 heteroatoms. The summed E-state index contributed by atoms with van der Waals surface area (Å²) in [6.07, 6.45) is 5.76. The summed E-state index contributed by atoms with van der Waals surface area (Å²) in [7, 11) is 1.92. The Kier molecular flexibility index (Phi) is 4.02. The SMILES string of the molecule is CNc1cccc2c1[nH]c1nc(Oc3cnc4cccnc4c3)nc(N3CC(N)C4(CC4)C3)c12. The second-order valence-electron chi connectivity index (χ2n) is 9.32. The van der Waals surface area contributed by atoms with E-state index in [2.05, 4.69) is 31.2 Å². The summed E-state index contributed by atoms with van der Waals surface area (Å²) in [5.74, 6) is 1.39. The van der Waals surface area contributed by atoms with Crippen LogP contribution < -0.4 is 20.7 Å². The number of nitrogens with zero attached hydrogens (tertiary/aromatic N) is 5. The molecule has 5 aromatic rings. The Bertz CT molecular complexity index is 1570. The molecule has 0 amide bonds. The Balaban J connectivity index is 1.39. The number of hydrogen-bond acceptors (Lipinski definition) is 8. The van der Waals surface area contributed by atoms with Gasteiger partial charge in [0.1, 0.15) is 11.5 Å². The molecule has 1 spiro atoms. The molecule has 4 aromatic heterocycles. The molecule has 1 aliphatic carbocycles. The Morgan fingerprint density at radius 3 is 2.88 bits per heavy atom. The van der Waals surface area contributed by atoms with Crippen LogP contribution in [0.2, 0.25) is 0 Å². The first-order valence-corrected chi connectivity index (χ1v) is 11.5. The van der Waals surface area contributed by atoms with Crippen molar-refractivity contribution in [1.29, 1.82) is 0 Å². The smallest absolute Gasteiger partial charge is 0.326 e. The summed E-state index contributed by atoms with van der Waals surface area (Å²) in [5, 5.41) is 5.32. The van der Waals surface area contributed by atoms with Crippen LogP contribution in [0.4, 0.5) is 11.5 Å². The van der Waals surface area contributed by atoms with Crippen molar-refractivity contribution in [1.82, 2.24) is 24.9 Å². The molecule has 7 rings (SSSR count). The van der Waals surface area contributed by atoms with Gasteiger partial charge in [-0.1, -0.05) is 12.1 Å². The number of para-hydroxylation sites is 1. The van der Waals surface area contributed by atoms with Crippen molar-refractivity contribution in [2.45, 2.75) is 18.9 Å². The largest absolute Gasteiger partial charge is 0.422 e. The number of rotatable bonds is 4. The third kappa shape index (κ3) is 2.90. The zero-order valence-corrected chi connectivity index (χ0v) is 18.7. The van der Waals surface area contributed by atoms with Crippen molar-refractivity contribution in [2.75, 3.05) is 30.4 Å². The van der Waals surface area contributed by atoms with E-state index in [1.807, 2.05) is 37.4 Å². The van der Waals surface area contributed by atoms with Crippen LogP contribution in [-0.4, -0.2) is 51.1 Å². The van der Waals surface area contributed by atoms with E-state index in [1.165, 1.54) is 12.8 Å². The van der Waals surface area contributed by atoms with Crippen LogP contribution in [0, 0.1) is 5.41 Å². The van der Waals surface area contributed by atoms with E-state index in [-0.39, 0.29) is 17.5 Å². The number of aromatic nitrogens is 5. The van der Waals surface area contributed by atoms with Crippen LogP contribution >= 0.6 is 0 Å². The highest BCUT2D eigenvalue weighted by Gasteiger charge is 2.54. The summed E-state index contributed by atoms with van der Waals surface area (Å²) in [6.45, 7) is 1.67. The molecular weight excluding hydrogens is 428 g/mol. The lowest BCUT2D eigenvalue weighted by Crippen LogP contribution is -2.30. The topological polar surface area (TPSA) is 118 Å². The number of anilines is 2. The van der Waals surface area contributed by atoms with Crippen molar-refractivity contribution in [3.63, 3.8) is 0 Å². The van der Waals surface area contributed by atoms with Crippen molar-refractivity contribution in [3.05, 3.63) is 48.8 Å². The second-order valence-corrected chi connectivity index (χ2v) is 9.32. The predicted molar refractivity (Wildman–Crippen MR) is 132 cm³/mol. The first-order chi connectivity index (χ1) is 16.6. The number of hydrogen-bond donors (Lipinski definition) is 3. The quantitative estimate of drug-likeness (QED) is 0.377. The molecule has 5 heterocycles. The first-order valence-electron chi connectivity index (χ1n) is 11.5. The molecule has 9 nitrogen and oxygen atoms in total. The van der Waals surface area contributed by atoms with E-state index < -0.39 is 0 Å². The van der Waals surface area contributed by atoms with Crippen LogP contribution in [0.5, 0.6) is 11.8 Å². The number of pyridine rings is 2. The molecule has 1 aromatic carbocycles. The minimum absolute atomic E-state index is 0.149. The number of nitrogens with one attached hydrogen (secondary N) is 2. The number of fused-ring (bicyclic) bond motifs is 4. The number of aromatic amines is 1. The van der Waals surface area contributed by atoms with Crippen LogP contribution in [0.3, 0.4) is 0 Å². The van der Waals surface area contributed by atoms with Gasteiger partial charge in [-0.3, -0.25) is 9.97 Å². The first kappa shape index (κ1) is 19.5. The zero-order valence-electron chi connectivity index (χ0n) is 18.7. The van der Waals surface area contributed by atoms with Gasteiger partial charge in [0.15, 0.2) is 5.75 Å². The maximum Gasteiger partial charge on any atom is 0.326 e. The van der Waals surface area contributed by atoms with Crippen molar-refractivity contribution < 1.29 is 4.74 Å². The van der Waals surface area contributed by atoms with Gasteiger partial charge in [-0.15, -0.1) is 0 Å².